The molecule has 0 radical (unpaired) electrons. The Morgan fingerprint density at radius 2 is 1.78 bits per heavy atom. The number of nitrogens with two attached hydrogens (primary N) is 1. The monoisotopic (exact) mass is 488 g/mol. The van der Waals surface area contributed by atoms with Crippen LogP contribution in [0.1, 0.15) is 47.2 Å². The summed E-state index contributed by atoms with van der Waals surface area (Å²) in [5.74, 6) is 0.451. The Hall–Kier alpha value is -3.45. The molecule has 188 valence electrons. The fourth-order valence-corrected chi connectivity index (χ4v) is 5.23. The molecule has 2 fully saturated rings. The minimum atomic E-state index is -0.277. The summed E-state index contributed by atoms with van der Waals surface area (Å²) in [5.41, 5.74) is 9.45. The second kappa shape index (κ2) is 10.7. The predicted octanol–water partition coefficient (Wildman–Crippen LogP) is 5.06. The van der Waals surface area contributed by atoms with Crippen molar-refractivity contribution in [1.29, 1.82) is 0 Å². The van der Waals surface area contributed by atoms with Gasteiger partial charge in [0.05, 0.1) is 0 Å². The van der Waals surface area contributed by atoms with Gasteiger partial charge in [-0.15, -0.1) is 0 Å². The lowest BCUT2D eigenvalue weighted by atomic mass is 10.0. The number of amides is 1. The Labute approximate surface area is 211 Å². The zero-order chi connectivity index (χ0) is 25.1. The van der Waals surface area contributed by atoms with Crippen LogP contribution in [0.3, 0.4) is 0 Å². The Morgan fingerprint density at radius 3 is 2.50 bits per heavy atom. The SMILES string of the molecule is Cc1cccc(COc2cc(-c3ccc(C(=O)N4CCC(N5CCCC5)CC4)cc3)cnc2N)c1F. The van der Waals surface area contributed by atoms with E-state index in [1.165, 1.54) is 25.9 Å². The van der Waals surface area contributed by atoms with Crippen LogP contribution in [0.4, 0.5) is 10.2 Å². The van der Waals surface area contributed by atoms with Gasteiger partial charge in [0.25, 0.3) is 5.91 Å². The van der Waals surface area contributed by atoms with Gasteiger partial charge in [0.15, 0.2) is 11.6 Å². The second-order valence-electron chi connectivity index (χ2n) is 9.79. The number of nitrogen functional groups attached to an aromatic ring is 1. The van der Waals surface area contributed by atoms with E-state index >= 15 is 0 Å². The summed E-state index contributed by atoms with van der Waals surface area (Å²) in [4.78, 5) is 21.9. The van der Waals surface area contributed by atoms with Crippen LogP contribution in [0.2, 0.25) is 0 Å². The zero-order valence-corrected chi connectivity index (χ0v) is 20.8. The van der Waals surface area contributed by atoms with Gasteiger partial charge in [-0.25, -0.2) is 9.37 Å². The molecule has 2 N–H and O–H groups in total. The van der Waals surface area contributed by atoms with Gasteiger partial charge in [-0.05, 0) is 75.0 Å². The molecule has 3 aromatic rings. The summed E-state index contributed by atoms with van der Waals surface area (Å²) >= 11 is 0. The number of ether oxygens (including phenoxy) is 1. The number of aryl methyl sites for hydroxylation is 1. The third-order valence-electron chi connectivity index (χ3n) is 7.41. The molecule has 6 nitrogen and oxygen atoms in total. The number of rotatable bonds is 6. The molecule has 0 bridgehead atoms. The first-order valence-corrected chi connectivity index (χ1v) is 12.8. The van der Waals surface area contributed by atoms with E-state index in [4.69, 9.17) is 10.5 Å². The topological polar surface area (TPSA) is 71.7 Å². The first-order chi connectivity index (χ1) is 17.5. The molecule has 2 aromatic carbocycles. The summed E-state index contributed by atoms with van der Waals surface area (Å²) in [6.07, 6.45) is 6.38. The van der Waals surface area contributed by atoms with Crippen molar-refractivity contribution in [3.63, 3.8) is 0 Å². The fraction of sp³-hybridized carbons (Fsp3) is 0.379. The van der Waals surface area contributed by atoms with Crippen molar-refractivity contribution in [2.75, 3.05) is 31.9 Å². The van der Waals surface area contributed by atoms with Crippen LogP contribution in [0.15, 0.2) is 54.7 Å². The molecule has 2 saturated heterocycles. The molecule has 36 heavy (non-hydrogen) atoms. The van der Waals surface area contributed by atoms with Crippen LogP contribution in [0.25, 0.3) is 11.1 Å². The van der Waals surface area contributed by atoms with Crippen LogP contribution in [0.5, 0.6) is 5.75 Å². The van der Waals surface area contributed by atoms with E-state index < -0.39 is 0 Å². The van der Waals surface area contributed by atoms with Gasteiger partial charge in [-0.1, -0.05) is 30.3 Å². The number of nitrogens with zero attached hydrogens (tertiary/aromatic N) is 3. The summed E-state index contributed by atoms with van der Waals surface area (Å²) in [5, 5.41) is 0. The first kappa shape index (κ1) is 24.3. The maximum Gasteiger partial charge on any atom is 0.253 e. The van der Waals surface area contributed by atoms with Crippen LogP contribution in [-0.2, 0) is 6.61 Å². The molecule has 0 spiro atoms. The Bertz CT molecular complexity index is 1220. The number of benzene rings is 2. The number of halogens is 1. The Morgan fingerprint density at radius 1 is 1.06 bits per heavy atom. The molecule has 3 heterocycles. The highest BCUT2D eigenvalue weighted by molar-refractivity contribution is 5.94. The number of carbonyl (C=O) groups is 1. The normalized spacial score (nSPS) is 16.9. The third-order valence-corrected chi connectivity index (χ3v) is 7.41. The van der Waals surface area contributed by atoms with Gasteiger partial charge in [0.2, 0.25) is 0 Å². The lowest BCUT2D eigenvalue weighted by Crippen LogP contribution is -2.45. The number of hydrogen-bond donors (Lipinski definition) is 1. The highest BCUT2D eigenvalue weighted by Crippen LogP contribution is 2.29. The largest absolute Gasteiger partial charge is 0.485 e. The molecule has 1 aromatic heterocycles. The number of hydrogen-bond acceptors (Lipinski definition) is 5. The maximum absolute atomic E-state index is 14.3. The average Bonchev–Trinajstić information content (AvgIpc) is 3.45. The van der Waals surface area contributed by atoms with Crippen LogP contribution in [0, 0.1) is 12.7 Å². The minimum Gasteiger partial charge on any atom is -0.485 e. The van der Waals surface area contributed by atoms with Crippen LogP contribution >= 0.6 is 0 Å². The van der Waals surface area contributed by atoms with Crippen molar-refractivity contribution >= 4 is 11.7 Å². The van der Waals surface area contributed by atoms with Crippen molar-refractivity contribution in [3.05, 3.63) is 77.2 Å². The molecule has 2 aliphatic heterocycles. The third kappa shape index (κ3) is 5.21. The van der Waals surface area contributed by atoms with Crippen molar-refractivity contribution in [2.45, 2.75) is 45.3 Å². The molecule has 0 aliphatic carbocycles. The van der Waals surface area contributed by atoms with Crippen molar-refractivity contribution in [2.24, 2.45) is 0 Å². The summed E-state index contributed by atoms with van der Waals surface area (Å²) in [6.45, 7) is 5.81. The highest BCUT2D eigenvalue weighted by Gasteiger charge is 2.28. The van der Waals surface area contributed by atoms with Crippen molar-refractivity contribution < 1.29 is 13.9 Å². The smallest absolute Gasteiger partial charge is 0.253 e. The van der Waals surface area contributed by atoms with Crippen LogP contribution < -0.4 is 10.5 Å². The minimum absolute atomic E-state index is 0.0603. The lowest BCUT2D eigenvalue weighted by Gasteiger charge is -2.36. The fourth-order valence-electron chi connectivity index (χ4n) is 5.23. The van der Waals surface area contributed by atoms with Gasteiger partial charge >= 0.3 is 0 Å². The van der Waals surface area contributed by atoms with Crippen molar-refractivity contribution in [1.82, 2.24) is 14.8 Å². The van der Waals surface area contributed by atoms with E-state index in [9.17, 15) is 9.18 Å². The van der Waals surface area contributed by atoms with E-state index in [1.807, 2.05) is 29.2 Å². The maximum atomic E-state index is 14.3. The summed E-state index contributed by atoms with van der Waals surface area (Å²) in [6, 6.07) is 15.2. The second-order valence-corrected chi connectivity index (χ2v) is 9.79. The van der Waals surface area contributed by atoms with Gasteiger partial charge in [-0.2, -0.15) is 0 Å². The number of pyridine rings is 1. The van der Waals surface area contributed by atoms with Crippen LogP contribution in [-0.4, -0.2) is 52.9 Å². The van der Waals surface area contributed by atoms with E-state index in [0.717, 1.165) is 37.1 Å². The van der Waals surface area contributed by atoms with Crippen molar-refractivity contribution in [3.8, 4) is 16.9 Å². The lowest BCUT2D eigenvalue weighted by molar-refractivity contribution is 0.0644. The average molecular weight is 489 g/mol. The standard InChI is InChI=1S/C29H33FN4O2/c1-20-5-4-6-23(27(20)30)19-36-26-17-24(18-32-28(26)31)21-7-9-22(10-8-21)29(35)34-15-11-25(12-16-34)33-13-2-3-14-33/h4-10,17-18,25H,2-3,11-16,19H2,1H3,(H2,31,32). The van der Waals surface area contributed by atoms with Gasteiger partial charge in [-0.3, -0.25) is 4.79 Å². The molecule has 7 heteroatoms. The van der Waals surface area contributed by atoms with E-state index in [-0.39, 0.29) is 24.1 Å². The highest BCUT2D eigenvalue weighted by atomic mass is 19.1. The van der Waals surface area contributed by atoms with Gasteiger partial charge in [0.1, 0.15) is 12.4 Å². The number of aromatic nitrogens is 1. The number of likely N-dealkylation sites (tertiary alicyclic amines) is 2. The number of carbonyl (C=O) groups excluding carboxylic acids is 1. The van der Waals surface area contributed by atoms with Gasteiger partial charge in [0, 0.05) is 42.0 Å². The van der Waals surface area contributed by atoms with E-state index in [1.54, 1.807) is 37.4 Å². The summed E-state index contributed by atoms with van der Waals surface area (Å²) in [7, 11) is 0. The molecule has 1 amide bonds. The molecule has 0 atom stereocenters. The van der Waals surface area contributed by atoms with Gasteiger partial charge < -0.3 is 20.3 Å². The predicted molar refractivity (Wildman–Crippen MR) is 139 cm³/mol. The molecule has 2 aliphatic rings. The molecular formula is C29H33FN4O2. The summed E-state index contributed by atoms with van der Waals surface area (Å²) < 4.78 is 20.1. The first-order valence-electron chi connectivity index (χ1n) is 12.8. The van der Waals surface area contributed by atoms with E-state index in [0.29, 0.717) is 28.5 Å². The zero-order valence-electron chi connectivity index (χ0n) is 20.8. The number of piperidine rings is 1. The number of anilines is 1. The molecule has 5 rings (SSSR count). The quantitative estimate of drug-likeness (QED) is 0.525. The molecular weight excluding hydrogens is 455 g/mol. The molecule has 0 unspecified atom stereocenters. The Balaban J connectivity index is 1.23. The Kier molecular flexibility index (Phi) is 7.18. The molecule has 0 saturated carbocycles. The van der Waals surface area contributed by atoms with E-state index in [2.05, 4.69) is 9.88 Å².